The molecular formula is C39H48ClF2N3. The van der Waals surface area contributed by atoms with Crippen molar-refractivity contribution in [3.63, 3.8) is 0 Å². The summed E-state index contributed by atoms with van der Waals surface area (Å²) in [7, 11) is 4.63. The Bertz CT molecular complexity index is 1450. The van der Waals surface area contributed by atoms with Crippen LogP contribution in [0.3, 0.4) is 0 Å². The van der Waals surface area contributed by atoms with Crippen LogP contribution >= 0.6 is 11.6 Å². The van der Waals surface area contributed by atoms with Crippen LogP contribution in [0.25, 0.3) is 0 Å². The van der Waals surface area contributed by atoms with Gasteiger partial charge in [0.05, 0.1) is 33.1 Å². The molecule has 3 aromatic rings. The zero-order chi connectivity index (χ0) is 38.7. The van der Waals surface area contributed by atoms with E-state index in [-0.39, 0.29) is 18.3 Å². The van der Waals surface area contributed by atoms with E-state index in [4.69, 9.17) is 39.1 Å². The molecule has 45 heavy (non-hydrogen) atoms. The standard InChI is InChI=1S/C13H16ClN.2C13H16FN/c2*1-3-9-15(2)11-13(14)10-12-7-5-4-6-8-12;1-3-9-15(2)13(11-14)10-12-7-5-4-6-8-12/h3*1,4-8,13H,9-11H2,2H3/t3*13-/m110/s1/i9D2;2*9D2,14-1. The van der Waals surface area contributed by atoms with Gasteiger partial charge in [0, 0.05) is 25.6 Å². The second-order valence-corrected chi connectivity index (χ2v) is 10.8. The Balaban J connectivity index is 0.000000382. The predicted molar refractivity (Wildman–Crippen MR) is 189 cm³/mol. The van der Waals surface area contributed by atoms with Gasteiger partial charge >= 0.3 is 0 Å². The van der Waals surface area contributed by atoms with Crippen molar-refractivity contribution in [2.24, 2.45) is 0 Å². The number of alkyl halides is 3. The first-order valence-corrected chi connectivity index (χ1v) is 14.9. The molecule has 240 valence electrons. The minimum Gasteiger partial charge on any atom is -0.294 e. The summed E-state index contributed by atoms with van der Waals surface area (Å²) in [5.41, 5.74) is 3.01. The highest BCUT2D eigenvalue weighted by molar-refractivity contribution is 6.20. The number of hydrogen-bond acceptors (Lipinski definition) is 3. The lowest BCUT2D eigenvalue weighted by atomic mass is 10.1. The van der Waals surface area contributed by atoms with Gasteiger partial charge in [0.25, 0.3) is 0 Å². The first kappa shape index (κ1) is 30.0. The summed E-state index contributed by atoms with van der Waals surface area (Å²) >= 11 is 6.20. The van der Waals surface area contributed by atoms with E-state index in [1.807, 2.05) is 103 Å². The van der Waals surface area contributed by atoms with Crippen LogP contribution in [0.15, 0.2) is 91.0 Å². The number of halogens is 3. The number of rotatable bonds is 15. The fourth-order valence-electron chi connectivity index (χ4n) is 4.15. The van der Waals surface area contributed by atoms with Crippen molar-refractivity contribution in [3.8, 4) is 37.0 Å². The number of benzene rings is 3. The van der Waals surface area contributed by atoms with Crippen LogP contribution < -0.4 is 0 Å². The second kappa shape index (κ2) is 24.7. The highest BCUT2D eigenvalue weighted by atomic mass is 35.5. The minimum atomic E-state index is -1.93. The first-order valence-electron chi connectivity index (χ1n) is 17.5. The molecule has 0 aliphatic carbocycles. The fraction of sp³-hybridized carbons (Fsp3) is 0.385. The van der Waals surface area contributed by atoms with Gasteiger partial charge in [0.15, 0.2) is 0 Å². The molecule has 6 heteroatoms. The summed E-state index contributed by atoms with van der Waals surface area (Å²) in [4.78, 5) is 3.92. The van der Waals surface area contributed by atoms with Gasteiger partial charge in [0.1, 0.15) is 12.8 Å². The van der Waals surface area contributed by atoms with Gasteiger partial charge in [-0.25, -0.2) is 8.78 Å². The lowest BCUT2D eigenvalue weighted by Gasteiger charge is -2.23. The van der Waals surface area contributed by atoms with Gasteiger partial charge < -0.3 is 0 Å². The van der Waals surface area contributed by atoms with Crippen LogP contribution in [0, 0.1) is 37.0 Å². The normalized spacial score (nSPS) is 15.3. The smallest absolute Gasteiger partial charge is 0.117 e. The molecule has 0 heterocycles. The van der Waals surface area contributed by atoms with Crippen molar-refractivity contribution < 1.29 is 17.0 Å². The molecule has 0 bridgehead atoms. The quantitative estimate of drug-likeness (QED) is 0.137. The molecule has 0 N–H and O–H groups in total. The van der Waals surface area contributed by atoms with E-state index in [1.165, 1.54) is 28.8 Å². The fourth-order valence-corrected chi connectivity index (χ4v) is 4.53. The molecule has 0 saturated heterocycles. The highest BCUT2D eigenvalue weighted by Gasteiger charge is 2.14. The third kappa shape index (κ3) is 19.4. The van der Waals surface area contributed by atoms with Crippen molar-refractivity contribution >= 4 is 11.6 Å². The van der Waals surface area contributed by atoms with E-state index in [0.717, 1.165) is 16.7 Å². The maximum atomic E-state index is 13.7. The molecule has 0 unspecified atom stereocenters. The third-order valence-electron chi connectivity index (χ3n) is 6.34. The molecule has 0 fully saturated rings. The average molecular weight is 636 g/mol. The summed E-state index contributed by atoms with van der Waals surface area (Å²) in [5.74, 6) is 6.15. The minimum absolute atomic E-state index is 0.0217. The lowest BCUT2D eigenvalue weighted by molar-refractivity contribution is 0.220. The Hall–Kier alpha value is -3.63. The van der Waals surface area contributed by atoms with E-state index >= 15 is 0 Å². The molecule has 3 rings (SSSR count). The second-order valence-electron chi connectivity index (χ2n) is 10.2. The number of terminal acetylenes is 3. The van der Waals surface area contributed by atoms with Gasteiger partial charge in [-0.3, -0.25) is 14.7 Å². The Morgan fingerprint density at radius 1 is 0.667 bits per heavy atom. The van der Waals surface area contributed by atoms with Crippen molar-refractivity contribution in [2.75, 3.05) is 60.4 Å². The van der Waals surface area contributed by atoms with E-state index in [1.54, 1.807) is 7.05 Å². The molecule has 3 aromatic carbocycles. The number of hydrogen-bond donors (Lipinski definition) is 0. The maximum Gasteiger partial charge on any atom is 0.117 e. The van der Waals surface area contributed by atoms with Crippen molar-refractivity contribution in [1.29, 1.82) is 0 Å². The monoisotopic (exact) mass is 635 g/mol. The summed E-state index contributed by atoms with van der Waals surface area (Å²) in [6.07, 6.45) is 15.6. The molecule has 0 radical (unpaired) electrons. The van der Waals surface area contributed by atoms with Crippen LogP contribution in [0.4, 0.5) is 8.78 Å². The zero-order valence-electron chi connectivity index (χ0n) is 32.3. The molecule has 0 saturated carbocycles. The lowest BCUT2D eigenvalue weighted by Crippen LogP contribution is -2.35. The summed E-state index contributed by atoms with van der Waals surface area (Å²) in [6.45, 7) is -5.82. The molecule has 0 aliphatic heterocycles. The van der Waals surface area contributed by atoms with Crippen LogP contribution in [0.2, 0.25) is 0 Å². The van der Waals surface area contributed by atoms with Crippen LogP contribution in [-0.4, -0.2) is 92.7 Å². The topological polar surface area (TPSA) is 9.72 Å². The molecule has 3 atom stereocenters. The van der Waals surface area contributed by atoms with Gasteiger partial charge in [0.2, 0.25) is 0 Å². The molecule has 0 amide bonds. The van der Waals surface area contributed by atoms with E-state index < -0.39 is 38.4 Å². The van der Waals surface area contributed by atoms with E-state index in [0.29, 0.717) is 19.4 Å². The van der Waals surface area contributed by atoms with Gasteiger partial charge in [-0.2, -0.15) is 0 Å². The average Bonchev–Trinajstić information content (AvgIpc) is 3.11. The van der Waals surface area contributed by atoms with E-state index in [2.05, 4.69) is 5.92 Å². The molecule has 0 spiro atoms. The SMILES string of the molecule is [2H]C([2H])(C#C)N(C)C[C@H](Cl)Cc1ccccc1.[2H]C([2H])(C#C)N(C)C[C@H]([18F])Cc1ccccc1.[2H]C([2H])(C#C)N(C)[C@H](C[18F])Cc1ccccc1. The Labute approximate surface area is 285 Å². The summed E-state index contributed by atoms with van der Waals surface area (Å²) in [5, 5.41) is -0.161. The van der Waals surface area contributed by atoms with Crippen molar-refractivity contribution in [3.05, 3.63) is 108 Å². The Morgan fingerprint density at radius 2 is 1.07 bits per heavy atom. The largest absolute Gasteiger partial charge is 0.294 e. The van der Waals surface area contributed by atoms with Gasteiger partial charge in [-0.05, 0) is 50.7 Å². The molecule has 0 aromatic heterocycles. The van der Waals surface area contributed by atoms with Crippen LogP contribution in [0.5, 0.6) is 0 Å². The van der Waals surface area contributed by atoms with Gasteiger partial charge in [-0.1, -0.05) is 109 Å². The number of nitrogens with zero attached hydrogens (tertiary/aromatic N) is 3. The summed E-state index contributed by atoms with van der Waals surface area (Å²) in [6, 6.07) is 28.0. The Kier molecular flexibility index (Phi) is 16.5. The Morgan fingerprint density at radius 3 is 1.49 bits per heavy atom. The van der Waals surface area contributed by atoms with Crippen LogP contribution in [0.1, 0.15) is 24.9 Å². The first-order chi connectivity index (χ1) is 23.9. The molecule has 0 aliphatic rings. The zero-order valence-corrected chi connectivity index (χ0v) is 27.1. The molecular weight excluding hydrogens is 582 g/mol. The van der Waals surface area contributed by atoms with Crippen LogP contribution in [-0.2, 0) is 19.3 Å². The summed E-state index contributed by atoms with van der Waals surface area (Å²) < 4.78 is 71.8. The predicted octanol–water partition coefficient (Wildman–Crippen LogP) is 6.67. The highest BCUT2D eigenvalue weighted by Crippen LogP contribution is 2.10. The van der Waals surface area contributed by atoms with Crippen molar-refractivity contribution in [2.45, 2.75) is 36.9 Å². The molecule has 3 nitrogen and oxygen atoms in total. The third-order valence-corrected chi connectivity index (χ3v) is 6.63. The maximum absolute atomic E-state index is 13.7. The van der Waals surface area contributed by atoms with E-state index in [9.17, 15) is 8.78 Å². The van der Waals surface area contributed by atoms with Gasteiger partial charge in [-0.15, -0.1) is 30.9 Å². The number of likely N-dealkylation sites (N-methyl/N-ethyl adjacent to an activating group) is 1. The van der Waals surface area contributed by atoms with Crippen molar-refractivity contribution in [1.82, 2.24) is 14.7 Å².